The highest BCUT2D eigenvalue weighted by atomic mass is 16.3. The van der Waals surface area contributed by atoms with E-state index in [2.05, 4.69) is 140 Å². The first kappa shape index (κ1) is 22.7. The summed E-state index contributed by atoms with van der Waals surface area (Å²) in [6.07, 6.45) is 12.0. The molecule has 0 radical (unpaired) electrons. The molecule has 1 atom stereocenters. The summed E-state index contributed by atoms with van der Waals surface area (Å²) >= 11 is 0. The van der Waals surface area contributed by atoms with Crippen molar-refractivity contribution < 1.29 is 4.42 Å². The Bertz CT molecular complexity index is 2230. The van der Waals surface area contributed by atoms with E-state index in [4.69, 9.17) is 4.42 Å². The van der Waals surface area contributed by atoms with Gasteiger partial charge in [0, 0.05) is 16.9 Å². The maximum Gasteiger partial charge on any atom is 0.135 e. The van der Waals surface area contributed by atoms with Crippen molar-refractivity contribution in [2.45, 2.75) is 6.42 Å². The van der Waals surface area contributed by atoms with Crippen LogP contribution in [0, 0.1) is 5.92 Å². The van der Waals surface area contributed by atoms with Gasteiger partial charge in [0.2, 0.25) is 0 Å². The van der Waals surface area contributed by atoms with Crippen LogP contribution < -0.4 is 0 Å². The largest absolute Gasteiger partial charge is 0.456 e. The fourth-order valence-corrected chi connectivity index (χ4v) is 7.22. The molecule has 0 bridgehead atoms. The van der Waals surface area contributed by atoms with E-state index in [1.807, 2.05) is 0 Å². The maximum atomic E-state index is 6.53. The van der Waals surface area contributed by atoms with Gasteiger partial charge in [0.25, 0.3) is 0 Å². The molecule has 0 N–H and O–H groups in total. The van der Waals surface area contributed by atoms with Crippen LogP contribution in [0.3, 0.4) is 0 Å². The number of hydrogen-bond acceptors (Lipinski definition) is 1. The first-order valence-electron chi connectivity index (χ1n) is 14.4. The van der Waals surface area contributed by atoms with Crippen LogP contribution in [0.1, 0.15) is 11.3 Å². The summed E-state index contributed by atoms with van der Waals surface area (Å²) in [5.74, 6) is 1.39. The minimum absolute atomic E-state index is 0.392. The molecule has 7 aromatic rings. The normalized spacial score (nSPS) is 15.9. The Balaban J connectivity index is 1.41. The van der Waals surface area contributed by atoms with Gasteiger partial charge in [0.15, 0.2) is 0 Å². The van der Waals surface area contributed by atoms with Crippen LogP contribution >= 0.6 is 0 Å². The number of allylic oxidation sites excluding steroid dienone is 5. The van der Waals surface area contributed by atoms with Gasteiger partial charge in [-0.25, -0.2) is 0 Å². The average molecular weight is 523 g/mol. The fourth-order valence-electron chi connectivity index (χ4n) is 7.22. The summed E-state index contributed by atoms with van der Waals surface area (Å²) in [5.41, 5.74) is 8.70. The molecule has 0 fully saturated rings. The molecule has 0 saturated heterocycles. The molecule has 0 saturated carbocycles. The second-order valence-corrected chi connectivity index (χ2v) is 11.2. The zero-order valence-electron chi connectivity index (χ0n) is 22.5. The zero-order valence-corrected chi connectivity index (χ0v) is 22.5. The third-order valence-electron chi connectivity index (χ3n) is 9.00. The second kappa shape index (κ2) is 8.68. The molecule has 1 heteroatoms. The van der Waals surface area contributed by atoms with Gasteiger partial charge >= 0.3 is 0 Å². The van der Waals surface area contributed by atoms with Crippen LogP contribution in [0.4, 0.5) is 0 Å². The lowest BCUT2D eigenvalue weighted by Gasteiger charge is -2.22. The van der Waals surface area contributed by atoms with Gasteiger partial charge in [-0.1, -0.05) is 127 Å². The molecule has 192 valence electrons. The van der Waals surface area contributed by atoms with Crippen molar-refractivity contribution in [2.75, 3.05) is 0 Å². The summed E-state index contributed by atoms with van der Waals surface area (Å²) in [6.45, 7) is 0. The maximum absolute atomic E-state index is 6.53. The summed E-state index contributed by atoms with van der Waals surface area (Å²) in [5, 5.41) is 8.86. The van der Waals surface area contributed by atoms with Crippen molar-refractivity contribution in [1.82, 2.24) is 0 Å². The van der Waals surface area contributed by atoms with E-state index in [0.29, 0.717) is 5.92 Å². The van der Waals surface area contributed by atoms with Gasteiger partial charge in [0.05, 0.1) is 0 Å². The van der Waals surface area contributed by atoms with Gasteiger partial charge in [-0.05, 0) is 78.7 Å². The van der Waals surface area contributed by atoms with Crippen molar-refractivity contribution in [3.05, 3.63) is 150 Å². The lowest BCUT2D eigenvalue weighted by molar-refractivity contribution is 0.586. The van der Waals surface area contributed by atoms with E-state index in [0.717, 1.165) is 17.8 Å². The molecule has 0 spiro atoms. The number of furan rings is 1. The predicted molar refractivity (Wildman–Crippen MR) is 173 cm³/mol. The molecule has 0 aliphatic heterocycles. The van der Waals surface area contributed by atoms with Gasteiger partial charge in [-0.15, -0.1) is 0 Å². The summed E-state index contributed by atoms with van der Waals surface area (Å²) in [6, 6.07) is 39.8. The zero-order chi connectivity index (χ0) is 26.9. The Kier molecular flexibility index (Phi) is 4.80. The monoisotopic (exact) mass is 522 g/mol. The van der Waals surface area contributed by atoms with Gasteiger partial charge in [-0.3, -0.25) is 0 Å². The SMILES string of the molecule is C1=CC2=Cc3oc4cccc(-c5c6ccccc6c(-c6cccc7ccccc67)c6ccccc56)c4c3CC2C=C1. The minimum atomic E-state index is 0.392. The van der Waals surface area contributed by atoms with E-state index in [-0.39, 0.29) is 0 Å². The highest BCUT2D eigenvalue weighted by Gasteiger charge is 2.27. The summed E-state index contributed by atoms with van der Waals surface area (Å²) < 4.78 is 6.53. The third kappa shape index (κ3) is 3.30. The van der Waals surface area contributed by atoms with Crippen molar-refractivity contribution in [2.24, 2.45) is 5.92 Å². The minimum Gasteiger partial charge on any atom is -0.456 e. The van der Waals surface area contributed by atoms with Crippen LogP contribution in [0.15, 0.2) is 143 Å². The number of hydrogen-bond donors (Lipinski definition) is 0. The van der Waals surface area contributed by atoms with Crippen LogP contribution in [-0.4, -0.2) is 0 Å². The Morgan fingerprint density at radius 2 is 1.17 bits per heavy atom. The molecule has 0 amide bonds. The standard InChI is InChI=1S/C40H26O/c1-2-13-27-24-37-35(23-26(27)12-1)40-34(21-10-22-36(40)41-37)39-32-18-7-5-16-30(32)38(31-17-6-8-19-33(31)39)29-20-9-14-25-11-3-4-15-28(25)29/h1-22,24,26H,23H2. The van der Waals surface area contributed by atoms with E-state index in [1.54, 1.807) is 0 Å². The summed E-state index contributed by atoms with van der Waals surface area (Å²) in [4.78, 5) is 0. The van der Waals surface area contributed by atoms with Gasteiger partial charge in [0.1, 0.15) is 11.3 Å². The first-order chi connectivity index (χ1) is 20.3. The Morgan fingerprint density at radius 1 is 0.561 bits per heavy atom. The number of rotatable bonds is 2. The van der Waals surface area contributed by atoms with Crippen molar-refractivity contribution in [1.29, 1.82) is 0 Å². The topological polar surface area (TPSA) is 13.1 Å². The van der Waals surface area contributed by atoms with Crippen molar-refractivity contribution in [3.63, 3.8) is 0 Å². The second-order valence-electron chi connectivity index (χ2n) is 11.2. The molecule has 1 nitrogen and oxygen atoms in total. The molecular weight excluding hydrogens is 496 g/mol. The van der Waals surface area contributed by atoms with E-state index in [9.17, 15) is 0 Å². The van der Waals surface area contributed by atoms with E-state index < -0.39 is 0 Å². The van der Waals surface area contributed by atoms with E-state index >= 15 is 0 Å². The highest BCUT2D eigenvalue weighted by Crippen LogP contribution is 2.48. The quantitative estimate of drug-likeness (QED) is 0.206. The third-order valence-corrected chi connectivity index (χ3v) is 9.00. The molecule has 1 aromatic heterocycles. The molecule has 2 aliphatic rings. The van der Waals surface area contributed by atoms with Crippen LogP contribution in [0.25, 0.3) is 71.6 Å². The lowest BCUT2D eigenvalue weighted by Crippen LogP contribution is -2.10. The number of benzene rings is 6. The number of fused-ring (bicyclic) bond motifs is 7. The molecular formula is C40H26O. The van der Waals surface area contributed by atoms with Gasteiger partial charge < -0.3 is 4.42 Å². The van der Waals surface area contributed by atoms with Crippen molar-refractivity contribution >= 4 is 49.4 Å². The Labute approximate surface area is 238 Å². The summed E-state index contributed by atoms with van der Waals surface area (Å²) in [7, 11) is 0. The van der Waals surface area contributed by atoms with Crippen LogP contribution in [0.2, 0.25) is 0 Å². The van der Waals surface area contributed by atoms with Crippen LogP contribution in [0.5, 0.6) is 0 Å². The highest BCUT2D eigenvalue weighted by molar-refractivity contribution is 6.25. The Hall–Kier alpha value is -5.14. The van der Waals surface area contributed by atoms with E-state index in [1.165, 1.54) is 71.1 Å². The molecule has 9 rings (SSSR count). The van der Waals surface area contributed by atoms with Crippen molar-refractivity contribution in [3.8, 4) is 22.3 Å². The lowest BCUT2D eigenvalue weighted by atomic mass is 9.80. The fraction of sp³-hybridized carbons (Fsp3) is 0.0500. The molecule has 6 aromatic carbocycles. The Morgan fingerprint density at radius 3 is 1.93 bits per heavy atom. The average Bonchev–Trinajstić information content (AvgIpc) is 3.40. The smallest absolute Gasteiger partial charge is 0.135 e. The molecule has 1 unspecified atom stereocenters. The predicted octanol–water partition coefficient (Wildman–Crippen LogP) is 10.9. The first-order valence-corrected chi connectivity index (χ1v) is 14.4. The molecule has 2 aliphatic carbocycles. The van der Waals surface area contributed by atoms with Gasteiger partial charge in [-0.2, -0.15) is 0 Å². The molecule has 1 heterocycles. The molecule has 41 heavy (non-hydrogen) atoms. The van der Waals surface area contributed by atoms with Crippen LogP contribution in [-0.2, 0) is 6.42 Å².